The molecule has 2 N–H and O–H groups in total. The number of aromatic carboxylic acids is 2. The molecule has 0 saturated carbocycles. The first-order chi connectivity index (χ1) is 9.02. The summed E-state index contributed by atoms with van der Waals surface area (Å²) in [5.41, 5.74) is -0.980. The maximum Gasteiger partial charge on any atom is 0.336 e. The largest absolute Gasteiger partial charge is 0.478 e. The molecule has 0 spiro atoms. The normalized spacial score (nSPS) is 12.1. The molecule has 0 bridgehead atoms. The summed E-state index contributed by atoms with van der Waals surface area (Å²) >= 11 is 1.11. The molecular formula is C13H9FO4S. The summed E-state index contributed by atoms with van der Waals surface area (Å²) < 4.78 is 14.4. The molecule has 19 heavy (non-hydrogen) atoms. The van der Waals surface area contributed by atoms with Gasteiger partial charge in [0.2, 0.25) is 0 Å². The lowest BCUT2D eigenvalue weighted by atomic mass is 9.96. The van der Waals surface area contributed by atoms with Crippen LogP contribution >= 0.6 is 11.3 Å². The Labute approximate surface area is 111 Å². The lowest BCUT2D eigenvalue weighted by Crippen LogP contribution is -2.12. The Balaban J connectivity index is 2.65. The van der Waals surface area contributed by atoms with Crippen LogP contribution in [-0.2, 0) is 0 Å². The Morgan fingerprint density at radius 1 is 1.05 bits per heavy atom. The van der Waals surface area contributed by atoms with Gasteiger partial charge < -0.3 is 10.2 Å². The van der Waals surface area contributed by atoms with Crippen molar-refractivity contribution >= 4 is 23.3 Å². The Morgan fingerprint density at radius 2 is 1.63 bits per heavy atom. The zero-order valence-corrected chi connectivity index (χ0v) is 10.4. The molecule has 0 aliphatic carbocycles. The van der Waals surface area contributed by atoms with Gasteiger partial charge in [0, 0.05) is 10.4 Å². The van der Waals surface area contributed by atoms with E-state index in [4.69, 9.17) is 10.2 Å². The third kappa shape index (κ3) is 2.48. The summed E-state index contributed by atoms with van der Waals surface area (Å²) in [7, 11) is 0. The number of halogens is 1. The topological polar surface area (TPSA) is 74.6 Å². The van der Waals surface area contributed by atoms with Gasteiger partial charge in [-0.15, -0.1) is 11.3 Å². The average Bonchev–Trinajstić information content (AvgIpc) is 2.90. The standard InChI is InChI=1S/C13H9FO4S/c14-11(9-5-2-6-19-9)10-7(12(15)16)3-1-4-8(10)13(17)18/h1-6,11H,(H,15,16)(H,17,18). The Kier molecular flexibility index (Phi) is 3.62. The van der Waals surface area contributed by atoms with Crippen molar-refractivity contribution < 1.29 is 24.2 Å². The van der Waals surface area contributed by atoms with Crippen molar-refractivity contribution in [3.8, 4) is 0 Å². The van der Waals surface area contributed by atoms with Crippen molar-refractivity contribution in [3.05, 3.63) is 57.3 Å². The second kappa shape index (κ2) is 5.19. The third-order valence-electron chi connectivity index (χ3n) is 2.61. The van der Waals surface area contributed by atoms with E-state index < -0.39 is 18.1 Å². The molecule has 0 aliphatic rings. The van der Waals surface area contributed by atoms with Crippen LogP contribution < -0.4 is 0 Å². The maximum atomic E-state index is 14.4. The number of rotatable bonds is 4. The molecule has 1 aromatic heterocycles. The van der Waals surface area contributed by atoms with Gasteiger partial charge in [-0.2, -0.15) is 0 Å². The van der Waals surface area contributed by atoms with Crippen LogP contribution in [0.5, 0.6) is 0 Å². The Morgan fingerprint density at radius 3 is 2.05 bits per heavy atom. The van der Waals surface area contributed by atoms with Gasteiger partial charge in [0.1, 0.15) is 0 Å². The second-order valence-corrected chi connectivity index (χ2v) is 4.73. The molecular weight excluding hydrogens is 271 g/mol. The molecule has 0 radical (unpaired) electrons. The van der Waals surface area contributed by atoms with E-state index in [1.807, 2.05) is 0 Å². The highest BCUT2D eigenvalue weighted by Crippen LogP contribution is 2.34. The predicted molar refractivity (Wildman–Crippen MR) is 67.6 cm³/mol. The summed E-state index contributed by atoms with van der Waals surface area (Å²) in [4.78, 5) is 22.5. The molecule has 6 heteroatoms. The van der Waals surface area contributed by atoms with Crippen molar-refractivity contribution in [1.82, 2.24) is 0 Å². The summed E-state index contributed by atoms with van der Waals surface area (Å²) in [6.45, 7) is 0. The maximum absolute atomic E-state index is 14.4. The van der Waals surface area contributed by atoms with Gasteiger partial charge in [-0.25, -0.2) is 14.0 Å². The molecule has 1 atom stereocenters. The van der Waals surface area contributed by atoms with E-state index in [1.54, 1.807) is 11.4 Å². The first-order valence-electron chi connectivity index (χ1n) is 5.29. The number of carboxylic acid groups (broad SMARTS) is 2. The van der Waals surface area contributed by atoms with Crippen LogP contribution in [0.2, 0.25) is 0 Å². The fraction of sp³-hybridized carbons (Fsp3) is 0.0769. The monoisotopic (exact) mass is 280 g/mol. The molecule has 0 aliphatic heterocycles. The molecule has 1 aromatic carbocycles. The minimum absolute atomic E-state index is 0.274. The SMILES string of the molecule is O=C(O)c1cccc(C(=O)O)c1C(F)c1cccs1. The first kappa shape index (κ1) is 13.2. The number of thiophene rings is 1. The molecule has 1 unspecified atom stereocenters. The van der Waals surface area contributed by atoms with Crippen molar-refractivity contribution in [2.45, 2.75) is 6.17 Å². The lowest BCUT2D eigenvalue weighted by Gasteiger charge is -2.13. The van der Waals surface area contributed by atoms with Gasteiger partial charge in [0.25, 0.3) is 0 Å². The van der Waals surface area contributed by atoms with Crippen LogP contribution in [0, 0.1) is 0 Å². The highest BCUT2D eigenvalue weighted by molar-refractivity contribution is 7.10. The Bertz CT molecular complexity index is 589. The summed E-state index contributed by atoms with van der Waals surface area (Å²) in [6.07, 6.45) is -1.77. The van der Waals surface area contributed by atoms with Crippen molar-refractivity contribution in [2.75, 3.05) is 0 Å². The molecule has 0 saturated heterocycles. The number of hydrogen-bond donors (Lipinski definition) is 2. The van der Waals surface area contributed by atoms with E-state index in [-0.39, 0.29) is 21.6 Å². The van der Waals surface area contributed by atoms with Gasteiger partial charge in [-0.05, 0) is 23.6 Å². The van der Waals surface area contributed by atoms with Crippen LogP contribution in [0.1, 0.15) is 37.3 Å². The van der Waals surface area contributed by atoms with Gasteiger partial charge in [-0.3, -0.25) is 0 Å². The van der Waals surface area contributed by atoms with E-state index in [0.717, 1.165) is 11.3 Å². The highest BCUT2D eigenvalue weighted by atomic mass is 32.1. The summed E-state index contributed by atoms with van der Waals surface area (Å²) in [5, 5.41) is 19.8. The van der Waals surface area contributed by atoms with E-state index in [0.29, 0.717) is 0 Å². The molecule has 2 rings (SSSR count). The van der Waals surface area contributed by atoms with Crippen LogP contribution in [0.4, 0.5) is 4.39 Å². The Hall–Kier alpha value is -2.21. The smallest absolute Gasteiger partial charge is 0.336 e. The van der Waals surface area contributed by atoms with Gasteiger partial charge in [-0.1, -0.05) is 12.1 Å². The number of hydrogen-bond acceptors (Lipinski definition) is 3. The van der Waals surface area contributed by atoms with Crippen molar-refractivity contribution in [3.63, 3.8) is 0 Å². The fourth-order valence-corrected chi connectivity index (χ4v) is 2.50. The average molecular weight is 280 g/mol. The second-order valence-electron chi connectivity index (χ2n) is 3.76. The van der Waals surface area contributed by atoms with E-state index in [2.05, 4.69) is 0 Å². The minimum atomic E-state index is -1.77. The predicted octanol–water partition coefficient (Wildman–Crippen LogP) is 3.20. The van der Waals surface area contributed by atoms with Gasteiger partial charge >= 0.3 is 11.9 Å². The molecule has 0 fully saturated rings. The number of benzene rings is 1. The molecule has 0 amide bonds. The van der Waals surface area contributed by atoms with Gasteiger partial charge in [0.15, 0.2) is 6.17 Å². The van der Waals surface area contributed by atoms with Crippen molar-refractivity contribution in [2.24, 2.45) is 0 Å². The number of carboxylic acids is 2. The molecule has 98 valence electrons. The molecule has 4 nitrogen and oxygen atoms in total. The lowest BCUT2D eigenvalue weighted by molar-refractivity contribution is 0.0692. The number of alkyl halides is 1. The van der Waals surface area contributed by atoms with Gasteiger partial charge in [0.05, 0.1) is 11.1 Å². The zero-order chi connectivity index (χ0) is 14.0. The zero-order valence-electron chi connectivity index (χ0n) is 9.54. The quantitative estimate of drug-likeness (QED) is 0.901. The third-order valence-corrected chi connectivity index (χ3v) is 3.52. The fourth-order valence-electron chi connectivity index (χ4n) is 1.79. The minimum Gasteiger partial charge on any atom is -0.478 e. The number of carbonyl (C=O) groups is 2. The first-order valence-corrected chi connectivity index (χ1v) is 6.17. The van der Waals surface area contributed by atoms with E-state index in [9.17, 15) is 14.0 Å². The van der Waals surface area contributed by atoms with E-state index in [1.165, 1.54) is 24.3 Å². The summed E-state index contributed by atoms with van der Waals surface area (Å²) in [5.74, 6) is -2.70. The molecule has 1 heterocycles. The molecule has 2 aromatic rings. The summed E-state index contributed by atoms with van der Waals surface area (Å²) in [6, 6.07) is 6.81. The van der Waals surface area contributed by atoms with Crippen LogP contribution in [0.15, 0.2) is 35.7 Å². The highest BCUT2D eigenvalue weighted by Gasteiger charge is 2.26. The van der Waals surface area contributed by atoms with Crippen LogP contribution in [-0.4, -0.2) is 22.2 Å². The van der Waals surface area contributed by atoms with Crippen LogP contribution in [0.25, 0.3) is 0 Å². The van der Waals surface area contributed by atoms with Crippen molar-refractivity contribution in [1.29, 1.82) is 0 Å². The van der Waals surface area contributed by atoms with E-state index >= 15 is 0 Å². The van der Waals surface area contributed by atoms with Crippen LogP contribution in [0.3, 0.4) is 0 Å².